The summed E-state index contributed by atoms with van der Waals surface area (Å²) in [6.07, 6.45) is 0. The summed E-state index contributed by atoms with van der Waals surface area (Å²) in [5.74, 6) is 0. The number of nitrogens with zero attached hydrogens (tertiary/aromatic N) is 1. The highest BCUT2D eigenvalue weighted by Crippen LogP contribution is 2.50. The van der Waals surface area contributed by atoms with Crippen LogP contribution < -0.4 is 4.90 Å². The van der Waals surface area contributed by atoms with Gasteiger partial charge in [-0.1, -0.05) is 172 Å². The molecule has 9 aromatic rings. The fourth-order valence-corrected chi connectivity index (χ4v) is 7.70. The Kier molecular flexibility index (Phi) is 7.74. The fraction of sp³-hybridized carbons (Fsp3) is 0.0800. The predicted molar refractivity (Wildman–Crippen MR) is 221 cm³/mol. The number of fused-ring (bicyclic) bond motifs is 4. The topological polar surface area (TPSA) is 16.4 Å². The van der Waals surface area contributed by atoms with Crippen LogP contribution in [0.3, 0.4) is 0 Å². The van der Waals surface area contributed by atoms with E-state index in [9.17, 15) is 0 Å². The maximum atomic E-state index is 6.52. The van der Waals surface area contributed by atoms with Crippen molar-refractivity contribution in [3.63, 3.8) is 0 Å². The molecule has 0 aliphatic carbocycles. The summed E-state index contributed by atoms with van der Waals surface area (Å²) < 4.78 is 6.52. The third-order valence-corrected chi connectivity index (χ3v) is 10.2. The lowest BCUT2D eigenvalue weighted by atomic mass is 9.85. The summed E-state index contributed by atoms with van der Waals surface area (Å²) in [5, 5.41) is 4.64. The lowest BCUT2D eigenvalue weighted by Gasteiger charge is -2.32. The molecule has 0 amide bonds. The summed E-state index contributed by atoms with van der Waals surface area (Å²) in [5.41, 5.74) is 13.3. The van der Waals surface area contributed by atoms with Gasteiger partial charge in [0, 0.05) is 16.5 Å². The number of benzene rings is 8. The Labute approximate surface area is 305 Å². The van der Waals surface area contributed by atoms with Gasteiger partial charge >= 0.3 is 0 Å². The van der Waals surface area contributed by atoms with Gasteiger partial charge in [0.25, 0.3) is 0 Å². The first-order chi connectivity index (χ1) is 25.5. The maximum Gasteiger partial charge on any atom is 0.137 e. The smallest absolute Gasteiger partial charge is 0.137 e. The van der Waals surface area contributed by atoms with Gasteiger partial charge in [-0.15, -0.1) is 0 Å². The highest BCUT2D eigenvalue weighted by atomic mass is 16.3. The Morgan fingerprint density at radius 2 is 0.981 bits per heavy atom. The lowest BCUT2D eigenvalue weighted by molar-refractivity contribution is 0.590. The van der Waals surface area contributed by atoms with Gasteiger partial charge in [-0.2, -0.15) is 0 Å². The molecule has 0 radical (unpaired) electrons. The third kappa shape index (κ3) is 5.45. The van der Waals surface area contributed by atoms with E-state index in [4.69, 9.17) is 4.42 Å². The highest BCUT2D eigenvalue weighted by Gasteiger charge is 2.26. The minimum Gasteiger partial charge on any atom is -0.456 e. The van der Waals surface area contributed by atoms with Gasteiger partial charge in [-0.25, -0.2) is 0 Å². The van der Waals surface area contributed by atoms with Crippen LogP contribution in [-0.2, 0) is 5.41 Å². The monoisotopic (exact) mass is 669 g/mol. The van der Waals surface area contributed by atoms with Crippen LogP contribution in [0, 0.1) is 0 Å². The molecule has 250 valence electrons. The normalized spacial score (nSPS) is 11.8. The van der Waals surface area contributed by atoms with Crippen molar-refractivity contribution in [3.05, 3.63) is 188 Å². The van der Waals surface area contributed by atoms with E-state index in [1.54, 1.807) is 0 Å². The largest absolute Gasteiger partial charge is 0.456 e. The van der Waals surface area contributed by atoms with Gasteiger partial charge in [0.1, 0.15) is 11.2 Å². The van der Waals surface area contributed by atoms with Gasteiger partial charge in [-0.05, 0) is 74.3 Å². The van der Waals surface area contributed by atoms with E-state index in [0.717, 1.165) is 50.1 Å². The number of anilines is 3. The zero-order valence-electron chi connectivity index (χ0n) is 29.7. The molecule has 0 spiro atoms. The van der Waals surface area contributed by atoms with Crippen LogP contribution in [0.5, 0.6) is 0 Å². The third-order valence-electron chi connectivity index (χ3n) is 10.2. The predicted octanol–water partition coefficient (Wildman–Crippen LogP) is 14.5. The molecule has 9 rings (SSSR count). The van der Waals surface area contributed by atoms with Gasteiger partial charge in [0.2, 0.25) is 0 Å². The van der Waals surface area contributed by atoms with Crippen molar-refractivity contribution < 1.29 is 4.42 Å². The van der Waals surface area contributed by atoms with E-state index < -0.39 is 0 Å². The Hall–Kier alpha value is -6.38. The minimum atomic E-state index is -0.0658. The molecule has 0 fully saturated rings. The van der Waals surface area contributed by atoms with Crippen molar-refractivity contribution in [3.8, 4) is 33.4 Å². The number of hydrogen-bond donors (Lipinski definition) is 0. The van der Waals surface area contributed by atoms with Crippen LogP contribution in [0.25, 0.3) is 66.1 Å². The van der Waals surface area contributed by atoms with E-state index in [0.29, 0.717) is 0 Å². The standard InChI is InChI=1S/C50H39NO/c1-50(2,3)37-31-32-38(34-17-6-4-7-18-34)45(33-37)51(44-28-16-30-47-49(44)42-24-11-13-29-46(42)52-47)43-27-12-10-23-40(43)41-26-15-22-36-21-14-25-39(48(36)41)35-19-8-5-9-20-35/h4-33H,1-3H3. The van der Waals surface area contributed by atoms with Crippen LogP contribution in [0.15, 0.2) is 186 Å². The molecule has 0 saturated carbocycles. The van der Waals surface area contributed by atoms with Crippen LogP contribution in [-0.4, -0.2) is 0 Å². The quantitative estimate of drug-likeness (QED) is 0.175. The lowest BCUT2D eigenvalue weighted by Crippen LogP contribution is -2.16. The van der Waals surface area contributed by atoms with Gasteiger partial charge in [0.05, 0.1) is 22.4 Å². The molecule has 2 heteroatoms. The van der Waals surface area contributed by atoms with E-state index in [1.807, 2.05) is 6.07 Å². The number of hydrogen-bond acceptors (Lipinski definition) is 2. The Morgan fingerprint density at radius 1 is 0.404 bits per heavy atom. The van der Waals surface area contributed by atoms with Crippen molar-refractivity contribution in [2.45, 2.75) is 26.2 Å². The van der Waals surface area contributed by atoms with E-state index in [-0.39, 0.29) is 5.41 Å². The Bertz CT molecular complexity index is 2710. The summed E-state index contributed by atoms with van der Waals surface area (Å²) in [7, 11) is 0. The molecule has 1 aromatic heterocycles. The van der Waals surface area contributed by atoms with E-state index >= 15 is 0 Å². The summed E-state index contributed by atoms with van der Waals surface area (Å²) in [6, 6.07) is 65.6. The van der Waals surface area contributed by atoms with Gasteiger partial charge in [0.15, 0.2) is 0 Å². The highest BCUT2D eigenvalue weighted by molar-refractivity contribution is 6.15. The molecule has 0 aliphatic rings. The molecule has 0 unspecified atom stereocenters. The summed E-state index contributed by atoms with van der Waals surface area (Å²) in [4.78, 5) is 2.49. The first kappa shape index (κ1) is 31.6. The number of para-hydroxylation sites is 2. The second kappa shape index (κ2) is 12.7. The van der Waals surface area contributed by atoms with E-state index in [2.05, 4.69) is 202 Å². The molecule has 0 saturated heterocycles. The maximum absolute atomic E-state index is 6.52. The average Bonchev–Trinajstić information content (AvgIpc) is 3.58. The second-order valence-corrected chi connectivity index (χ2v) is 14.5. The first-order valence-corrected chi connectivity index (χ1v) is 18.0. The second-order valence-electron chi connectivity index (χ2n) is 14.5. The zero-order valence-corrected chi connectivity index (χ0v) is 29.7. The molecule has 0 atom stereocenters. The first-order valence-electron chi connectivity index (χ1n) is 18.0. The molecular formula is C50H39NO. The molecule has 0 N–H and O–H groups in total. The number of furan rings is 1. The SMILES string of the molecule is CC(C)(C)c1ccc(-c2ccccc2)c(N(c2ccccc2-c2cccc3cccc(-c4ccccc4)c23)c2cccc3oc4ccccc4c23)c1. The molecule has 0 aliphatic heterocycles. The Morgan fingerprint density at radius 3 is 1.73 bits per heavy atom. The van der Waals surface area contributed by atoms with E-state index in [1.165, 1.54) is 38.6 Å². The van der Waals surface area contributed by atoms with Crippen molar-refractivity contribution in [2.75, 3.05) is 4.90 Å². The summed E-state index contributed by atoms with van der Waals surface area (Å²) in [6.45, 7) is 6.87. The van der Waals surface area contributed by atoms with Crippen LogP contribution >= 0.6 is 0 Å². The van der Waals surface area contributed by atoms with Crippen molar-refractivity contribution in [2.24, 2.45) is 0 Å². The molecule has 1 heterocycles. The average molecular weight is 670 g/mol. The van der Waals surface area contributed by atoms with Crippen LogP contribution in [0.1, 0.15) is 26.3 Å². The molecule has 52 heavy (non-hydrogen) atoms. The summed E-state index contributed by atoms with van der Waals surface area (Å²) >= 11 is 0. The minimum absolute atomic E-state index is 0.0658. The van der Waals surface area contributed by atoms with Gasteiger partial charge < -0.3 is 9.32 Å². The molecular weight excluding hydrogens is 631 g/mol. The zero-order chi connectivity index (χ0) is 35.2. The van der Waals surface area contributed by atoms with Crippen LogP contribution in [0.2, 0.25) is 0 Å². The number of rotatable bonds is 6. The molecule has 0 bridgehead atoms. The fourth-order valence-electron chi connectivity index (χ4n) is 7.70. The van der Waals surface area contributed by atoms with Gasteiger partial charge in [-0.3, -0.25) is 0 Å². The molecule has 2 nitrogen and oxygen atoms in total. The van der Waals surface area contributed by atoms with Crippen LogP contribution in [0.4, 0.5) is 17.1 Å². The van der Waals surface area contributed by atoms with Crippen molar-refractivity contribution >= 4 is 49.8 Å². The van der Waals surface area contributed by atoms with Crippen molar-refractivity contribution in [1.82, 2.24) is 0 Å². The Balaban J connectivity index is 1.41. The molecule has 8 aromatic carbocycles. The van der Waals surface area contributed by atoms with Crippen molar-refractivity contribution in [1.29, 1.82) is 0 Å².